The van der Waals surface area contributed by atoms with Crippen molar-refractivity contribution in [1.82, 2.24) is 4.90 Å². The Morgan fingerprint density at radius 2 is 2.14 bits per heavy atom. The summed E-state index contributed by atoms with van der Waals surface area (Å²) in [5, 5.41) is 9.03. The molecular formula is C16H20N2O3. The fourth-order valence-corrected chi connectivity index (χ4v) is 3.24. The van der Waals surface area contributed by atoms with Gasteiger partial charge >= 0.3 is 12.0 Å². The molecule has 1 unspecified atom stereocenters. The molecule has 5 heteroatoms. The van der Waals surface area contributed by atoms with E-state index < -0.39 is 5.97 Å². The van der Waals surface area contributed by atoms with Gasteiger partial charge in [0, 0.05) is 25.3 Å². The fourth-order valence-electron chi connectivity index (χ4n) is 3.24. The maximum atomic E-state index is 12.6. The van der Waals surface area contributed by atoms with E-state index in [9.17, 15) is 9.59 Å². The summed E-state index contributed by atoms with van der Waals surface area (Å²) in [6.45, 7) is 4.48. The van der Waals surface area contributed by atoms with Gasteiger partial charge in [0.1, 0.15) is 0 Å². The first-order valence-corrected chi connectivity index (χ1v) is 7.52. The molecule has 1 aromatic rings. The van der Waals surface area contributed by atoms with Crippen molar-refractivity contribution in [2.45, 2.75) is 26.2 Å². The van der Waals surface area contributed by atoms with Crippen molar-refractivity contribution in [1.29, 1.82) is 0 Å². The second-order valence-corrected chi connectivity index (χ2v) is 5.84. The zero-order chi connectivity index (χ0) is 15.0. The van der Waals surface area contributed by atoms with Crippen LogP contribution in [-0.2, 0) is 6.42 Å². The number of rotatable bonds is 2. The van der Waals surface area contributed by atoms with Crippen molar-refractivity contribution < 1.29 is 14.7 Å². The van der Waals surface area contributed by atoms with Crippen LogP contribution in [0.15, 0.2) is 18.2 Å². The highest BCUT2D eigenvalue weighted by Gasteiger charge is 2.32. The Bertz CT molecular complexity index is 585. The molecule has 1 fully saturated rings. The summed E-state index contributed by atoms with van der Waals surface area (Å²) in [6, 6.07) is 5.08. The monoisotopic (exact) mass is 288 g/mol. The van der Waals surface area contributed by atoms with Crippen LogP contribution in [0.5, 0.6) is 0 Å². The number of carbonyl (C=O) groups excluding carboxylic acids is 1. The normalized spacial score (nSPS) is 20.7. The van der Waals surface area contributed by atoms with Crippen LogP contribution in [0.4, 0.5) is 10.5 Å². The zero-order valence-corrected chi connectivity index (χ0v) is 12.2. The van der Waals surface area contributed by atoms with Gasteiger partial charge in [0.25, 0.3) is 0 Å². The van der Waals surface area contributed by atoms with Crippen molar-refractivity contribution in [3.8, 4) is 0 Å². The molecule has 112 valence electrons. The number of urea groups is 1. The molecule has 2 amide bonds. The molecule has 0 radical (unpaired) electrons. The highest BCUT2D eigenvalue weighted by molar-refractivity contribution is 5.96. The summed E-state index contributed by atoms with van der Waals surface area (Å²) in [4.78, 5) is 27.3. The summed E-state index contributed by atoms with van der Waals surface area (Å²) in [7, 11) is 0. The zero-order valence-electron chi connectivity index (χ0n) is 12.2. The number of amides is 2. The number of carboxylic acids is 1. The predicted molar refractivity (Wildman–Crippen MR) is 79.8 cm³/mol. The standard InChI is InChI=1S/C16H20N2O3/c1-2-11-5-7-17(10-11)16(21)18-8-6-12-9-13(15(19)20)3-4-14(12)18/h3-4,9,11H,2,5-8,10H2,1H3,(H,19,20). The number of carbonyl (C=O) groups is 2. The summed E-state index contributed by atoms with van der Waals surface area (Å²) in [6.07, 6.45) is 2.93. The van der Waals surface area contributed by atoms with Crippen molar-refractivity contribution >= 4 is 17.7 Å². The summed E-state index contributed by atoms with van der Waals surface area (Å²) < 4.78 is 0. The number of likely N-dealkylation sites (tertiary alicyclic amines) is 1. The summed E-state index contributed by atoms with van der Waals surface area (Å²) in [5.74, 6) is -0.307. The van der Waals surface area contributed by atoms with Crippen molar-refractivity contribution in [2.75, 3.05) is 24.5 Å². The first kappa shape index (κ1) is 13.9. The van der Waals surface area contributed by atoms with Crippen LogP contribution >= 0.6 is 0 Å². The maximum Gasteiger partial charge on any atom is 0.335 e. The summed E-state index contributed by atoms with van der Waals surface area (Å²) in [5.41, 5.74) is 2.11. The molecule has 3 rings (SSSR count). The number of nitrogens with zero attached hydrogens (tertiary/aromatic N) is 2. The highest BCUT2D eigenvalue weighted by Crippen LogP contribution is 2.31. The third-order valence-corrected chi connectivity index (χ3v) is 4.59. The van der Waals surface area contributed by atoms with E-state index in [1.807, 2.05) is 4.90 Å². The number of hydrogen-bond acceptors (Lipinski definition) is 2. The smallest absolute Gasteiger partial charge is 0.335 e. The van der Waals surface area contributed by atoms with Gasteiger partial charge in [-0.2, -0.15) is 0 Å². The molecule has 0 spiro atoms. The van der Waals surface area contributed by atoms with Crippen LogP contribution in [0.1, 0.15) is 35.7 Å². The Balaban J connectivity index is 1.78. The van der Waals surface area contributed by atoms with Crippen molar-refractivity contribution in [3.63, 3.8) is 0 Å². The van der Waals surface area contributed by atoms with E-state index in [0.29, 0.717) is 12.5 Å². The van der Waals surface area contributed by atoms with E-state index in [4.69, 9.17) is 5.11 Å². The minimum Gasteiger partial charge on any atom is -0.478 e. The van der Waals surface area contributed by atoms with Crippen LogP contribution in [0, 0.1) is 5.92 Å². The molecule has 1 saturated heterocycles. The Kier molecular flexibility index (Phi) is 3.57. The number of carboxylic acid groups (broad SMARTS) is 1. The molecule has 2 heterocycles. The Hall–Kier alpha value is -2.04. The Labute approximate surface area is 124 Å². The van der Waals surface area contributed by atoms with Gasteiger partial charge in [-0.3, -0.25) is 4.90 Å². The number of anilines is 1. The Morgan fingerprint density at radius 1 is 1.33 bits per heavy atom. The largest absolute Gasteiger partial charge is 0.478 e. The molecular weight excluding hydrogens is 268 g/mol. The van der Waals surface area contributed by atoms with E-state index in [-0.39, 0.29) is 11.6 Å². The van der Waals surface area contributed by atoms with E-state index in [1.165, 1.54) is 0 Å². The third-order valence-electron chi connectivity index (χ3n) is 4.59. The lowest BCUT2D eigenvalue weighted by atomic mass is 10.1. The number of hydrogen-bond donors (Lipinski definition) is 1. The average molecular weight is 288 g/mol. The van der Waals surface area contributed by atoms with E-state index >= 15 is 0 Å². The molecule has 2 aliphatic heterocycles. The topological polar surface area (TPSA) is 60.9 Å². The van der Waals surface area contributed by atoms with Crippen LogP contribution < -0.4 is 4.90 Å². The van der Waals surface area contributed by atoms with Crippen LogP contribution in [-0.4, -0.2) is 41.6 Å². The SMILES string of the molecule is CCC1CCN(C(=O)N2CCc3cc(C(=O)O)ccc32)C1. The second-order valence-electron chi connectivity index (χ2n) is 5.84. The molecule has 0 saturated carbocycles. The van der Waals surface area contributed by atoms with E-state index in [1.54, 1.807) is 23.1 Å². The molecule has 0 aliphatic carbocycles. The first-order valence-electron chi connectivity index (χ1n) is 7.52. The van der Waals surface area contributed by atoms with Gasteiger partial charge in [-0.1, -0.05) is 13.3 Å². The van der Waals surface area contributed by atoms with Crippen LogP contribution in [0.2, 0.25) is 0 Å². The summed E-state index contributed by atoms with van der Waals surface area (Å²) >= 11 is 0. The van der Waals surface area contributed by atoms with Crippen LogP contribution in [0.3, 0.4) is 0 Å². The maximum absolute atomic E-state index is 12.6. The fraction of sp³-hybridized carbons (Fsp3) is 0.500. The van der Waals surface area contributed by atoms with Gasteiger partial charge in [0.2, 0.25) is 0 Å². The molecule has 2 aliphatic rings. The van der Waals surface area contributed by atoms with E-state index in [2.05, 4.69) is 6.92 Å². The number of aromatic carboxylic acids is 1. The molecule has 5 nitrogen and oxygen atoms in total. The van der Waals surface area contributed by atoms with Gasteiger partial charge in [0.15, 0.2) is 0 Å². The highest BCUT2D eigenvalue weighted by atomic mass is 16.4. The minimum atomic E-state index is -0.923. The molecule has 1 atom stereocenters. The third kappa shape index (κ3) is 2.48. The molecule has 0 aromatic heterocycles. The van der Waals surface area contributed by atoms with Gasteiger partial charge < -0.3 is 10.0 Å². The Morgan fingerprint density at radius 3 is 2.81 bits per heavy atom. The second kappa shape index (κ2) is 5.39. The first-order chi connectivity index (χ1) is 10.1. The lowest BCUT2D eigenvalue weighted by Crippen LogP contribution is -2.41. The van der Waals surface area contributed by atoms with Gasteiger partial charge in [0.05, 0.1) is 5.56 Å². The lowest BCUT2D eigenvalue weighted by Gasteiger charge is -2.25. The van der Waals surface area contributed by atoms with Crippen LogP contribution in [0.25, 0.3) is 0 Å². The molecule has 21 heavy (non-hydrogen) atoms. The van der Waals surface area contributed by atoms with E-state index in [0.717, 1.165) is 43.6 Å². The minimum absolute atomic E-state index is 0.0628. The lowest BCUT2D eigenvalue weighted by molar-refractivity contribution is 0.0697. The van der Waals surface area contributed by atoms with Gasteiger partial charge in [-0.05, 0) is 42.5 Å². The van der Waals surface area contributed by atoms with Crippen molar-refractivity contribution in [2.24, 2.45) is 5.92 Å². The average Bonchev–Trinajstić information content (AvgIpc) is 3.12. The molecule has 0 bridgehead atoms. The number of benzene rings is 1. The van der Waals surface area contributed by atoms with Gasteiger partial charge in [-0.15, -0.1) is 0 Å². The predicted octanol–water partition coefficient (Wildman–Crippen LogP) is 2.60. The quantitative estimate of drug-likeness (QED) is 0.910. The molecule has 1 aromatic carbocycles. The molecule has 1 N–H and O–H groups in total. The number of fused-ring (bicyclic) bond motifs is 1. The van der Waals surface area contributed by atoms with Gasteiger partial charge in [-0.25, -0.2) is 9.59 Å². The van der Waals surface area contributed by atoms with Crippen molar-refractivity contribution in [3.05, 3.63) is 29.3 Å².